The maximum Gasteiger partial charge on any atom is 0.410 e. The van der Waals surface area contributed by atoms with Crippen LogP contribution in [0.3, 0.4) is 0 Å². The molecule has 1 saturated heterocycles. The second kappa shape index (κ2) is 6.07. The third-order valence-corrected chi connectivity index (χ3v) is 4.68. The van der Waals surface area contributed by atoms with E-state index < -0.39 is 5.60 Å². The number of carbonyl (C=O) groups excluding carboxylic acids is 2. The Bertz CT molecular complexity index is 428. The van der Waals surface area contributed by atoms with Crippen LogP contribution >= 0.6 is 0 Å². The van der Waals surface area contributed by atoms with Gasteiger partial charge in [0.05, 0.1) is 7.11 Å². The number of carbonyl (C=O) groups is 2. The first-order valence-corrected chi connectivity index (χ1v) is 7.95. The summed E-state index contributed by atoms with van der Waals surface area (Å²) in [5, 5.41) is 1.32. The normalized spacial score (nSPS) is 21.4. The predicted octanol–water partition coefficient (Wildman–Crippen LogP) is 2.43. The molecule has 6 heteroatoms. The van der Waals surface area contributed by atoms with Crippen molar-refractivity contribution in [2.24, 2.45) is 11.3 Å². The van der Waals surface area contributed by atoms with Gasteiger partial charge in [0.2, 0.25) is 5.91 Å². The second-order valence-corrected chi connectivity index (χ2v) is 7.63. The predicted molar refractivity (Wildman–Crippen MR) is 82.0 cm³/mol. The lowest BCUT2D eigenvalue weighted by Gasteiger charge is -2.53. The lowest BCUT2D eigenvalue weighted by Crippen LogP contribution is -2.60. The van der Waals surface area contributed by atoms with Crippen molar-refractivity contribution in [3.8, 4) is 0 Å². The molecule has 2 rings (SSSR count). The highest BCUT2D eigenvalue weighted by Gasteiger charge is 2.49. The second-order valence-electron chi connectivity index (χ2n) is 7.63. The zero-order valence-corrected chi connectivity index (χ0v) is 14.3. The van der Waals surface area contributed by atoms with Crippen molar-refractivity contribution in [2.45, 2.75) is 52.1 Å². The van der Waals surface area contributed by atoms with Gasteiger partial charge in [-0.1, -0.05) is 0 Å². The lowest BCUT2D eigenvalue weighted by molar-refractivity contribution is -0.176. The van der Waals surface area contributed by atoms with Crippen molar-refractivity contribution in [3.05, 3.63) is 0 Å². The monoisotopic (exact) mass is 312 g/mol. The summed E-state index contributed by atoms with van der Waals surface area (Å²) in [6, 6.07) is 0. The summed E-state index contributed by atoms with van der Waals surface area (Å²) in [5.74, 6) is 0.104. The third-order valence-electron chi connectivity index (χ3n) is 4.68. The molecule has 2 fully saturated rings. The fourth-order valence-electron chi connectivity index (χ4n) is 3.36. The molecule has 2 aliphatic rings. The Hall–Kier alpha value is -1.30. The maximum atomic E-state index is 12.1. The van der Waals surface area contributed by atoms with Crippen molar-refractivity contribution < 1.29 is 19.2 Å². The Morgan fingerprint density at radius 3 is 2.18 bits per heavy atom. The maximum absolute atomic E-state index is 12.1. The van der Waals surface area contributed by atoms with Gasteiger partial charge in [-0.15, -0.1) is 0 Å². The van der Waals surface area contributed by atoms with Crippen molar-refractivity contribution in [3.63, 3.8) is 0 Å². The van der Waals surface area contributed by atoms with Gasteiger partial charge in [-0.05, 0) is 46.5 Å². The van der Waals surface area contributed by atoms with Gasteiger partial charge in [0.25, 0.3) is 0 Å². The van der Waals surface area contributed by atoms with Crippen molar-refractivity contribution in [1.29, 1.82) is 0 Å². The number of hydrogen-bond acceptors (Lipinski definition) is 4. The van der Waals surface area contributed by atoms with E-state index in [2.05, 4.69) is 0 Å². The van der Waals surface area contributed by atoms with Crippen LogP contribution in [0.1, 0.15) is 46.5 Å². The van der Waals surface area contributed by atoms with Crippen LogP contribution in [-0.2, 0) is 14.4 Å². The molecule has 2 amide bonds. The largest absolute Gasteiger partial charge is 0.444 e. The van der Waals surface area contributed by atoms with E-state index in [1.807, 2.05) is 20.8 Å². The van der Waals surface area contributed by atoms with E-state index in [4.69, 9.17) is 9.57 Å². The van der Waals surface area contributed by atoms with E-state index in [-0.39, 0.29) is 23.3 Å². The van der Waals surface area contributed by atoms with Crippen LogP contribution < -0.4 is 0 Å². The minimum Gasteiger partial charge on any atom is -0.444 e. The number of likely N-dealkylation sites (tertiary alicyclic amines) is 1. The molecular formula is C16H28N2O4. The van der Waals surface area contributed by atoms with Crippen LogP contribution in [0.25, 0.3) is 0 Å². The minimum absolute atomic E-state index is 0.0474. The molecule has 22 heavy (non-hydrogen) atoms. The topological polar surface area (TPSA) is 59.1 Å². The first kappa shape index (κ1) is 17.1. The zero-order chi connectivity index (χ0) is 16.5. The number of ether oxygens (including phenoxy) is 1. The average Bonchev–Trinajstić information content (AvgIpc) is 2.41. The van der Waals surface area contributed by atoms with Gasteiger partial charge in [-0.3, -0.25) is 9.63 Å². The van der Waals surface area contributed by atoms with E-state index in [9.17, 15) is 9.59 Å². The molecule has 1 aliphatic heterocycles. The van der Waals surface area contributed by atoms with Crippen LogP contribution in [0, 0.1) is 11.3 Å². The van der Waals surface area contributed by atoms with Crippen LogP contribution in [0.2, 0.25) is 0 Å². The molecule has 6 nitrogen and oxygen atoms in total. The molecule has 0 atom stereocenters. The van der Waals surface area contributed by atoms with Crippen molar-refractivity contribution >= 4 is 12.0 Å². The number of amides is 2. The molecule has 1 aliphatic carbocycles. The smallest absolute Gasteiger partial charge is 0.410 e. The summed E-state index contributed by atoms with van der Waals surface area (Å²) in [6.07, 6.45) is 3.49. The van der Waals surface area contributed by atoms with E-state index in [1.165, 1.54) is 12.2 Å². The van der Waals surface area contributed by atoms with E-state index >= 15 is 0 Å². The molecule has 0 aromatic heterocycles. The molecule has 0 aromatic rings. The number of rotatable bonds is 2. The quantitative estimate of drug-likeness (QED) is 0.735. The van der Waals surface area contributed by atoms with Gasteiger partial charge in [-0.25, -0.2) is 9.86 Å². The highest BCUT2D eigenvalue weighted by molar-refractivity contribution is 5.77. The highest BCUT2D eigenvalue weighted by Crippen LogP contribution is 2.46. The summed E-state index contributed by atoms with van der Waals surface area (Å²) in [7, 11) is 3.16. The highest BCUT2D eigenvalue weighted by atomic mass is 16.7. The number of nitrogens with zero attached hydrogens (tertiary/aromatic N) is 2. The lowest BCUT2D eigenvalue weighted by atomic mass is 9.66. The molecule has 0 radical (unpaired) electrons. The summed E-state index contributed by atoms with van der Waals surface area (Å²) >= 11 is 0. The fourth-order valence-corrected chi connectivity index (χ4v) is 3.36. The zero-order valence-electron chi connectivity index (χ0n) is 14.3. The Labute approximate surface area is 132 Å². The van der Waals surface area contributed by atoms with Crippen LogP contribution in [0.15, 0.2) is 0 Å². The third kappa shape index (κ3) is 3.72. The molecule has 0 unspecified atom stereocenters. The molecule has 1 heterocycles. The van der Waals surface area contributed by atoms with Gasteiger partial charge in [0.1, 0.15) is 5.60 Å². The van der Waals surface area contributed by atoms with E-state index in [0.717, 1.165) is 38.8 Å². The van der Waals surface area contributed by atoms with Crippen LogP contribution in [-0.4, -0.2) is 54.8 Å². The van der Waals surface area contributed by atoms with Crippen LogP contribution in [0.5, 0.6) is 0 Å². The standard InChI is InChI=1S/C16H28N2O4/c1-15(2,3)22-14(20)18-10-16(11-18)8-6-12(7-9-16)13(19)17(4)21-5/h12H,6-11H2,1-5H3. The Morgan fingerprint density at radius 2 is 1.73 bits per heavy atom. The number of hydrogen-bond donors (Lipinski definition) is 0. The summed E-state index contributed by atoms with van der Waals surface area (Å²) in [6.45, 7) is 7.14. The molecule has 1 saturated carbocycles. The first-order valence-electron chi connectivity index (χ1n) is 7.95. The minimum atomic E-state index is -0.450. The Kier molecular flexibility index (Phi) is 4.70. The molecular weight excluding hydrogens is 284 g/mol. The average molecular weight is 312 g/mol. The Balaban J connectivity index is 1.79. The Morgan fingerprint density at radius 1 is 1.18 bits per heavy atom. The molecule has 126 valence electrons. The van der Waals surface area contributed by atoms with Crippen molar-refractivity contribution in [2.75, 3.05) is 27.2 Å². The summed E-state index contributed by atoms with van der Waals surface area (Å²) in [5.41, 5.74) is -0.256. The molecule has 0 bridgehead atoms. The van der Waals surface area contributed by atoms with Gasteiger partial charge in [0.15, 0.2) is 0 Å². The van der Waals surface area contributed by atoms with E-state index in [1.54, 1.807) is 11.9 Å². The van der Waals surface area contributed by atoms with Crippen molar-refractivity contribution in [1.82, 2.24) is 9.96 Å². The van der Waals surface area contributed by atoms with Gasteiger partial charge < -0.3 is 9.64 Å². The number of hydroxylamine groups is 2. The summed E-state index contributed by atoms with van der Waals surface area (Å²) < 4.78 is 5.39. The van der Waals surface area contributed by atoms with Crippen LogP contribution in [0.4, 0.5) is 4.79 Å². The van der Waals surface area contributed by atoms with E-state index in [0.29, 0.717) is 0 Å². The molecule has 1 spiro atoms. The van der Waals surface area contributed by atoms with Gasteiger partial charge in [0, 0.05) is 31.5 Å². The fraction of sp³-hybridized carbons (Fsp3) is 0.875. The van der Waals surface area contributed by atoms with Gasteiger partial charge in [-0.2, -0.15) is 0 Å². The molecule has 0 N–H and O–H groups in total. The summed E-state index contributed by atoms with van der Waals surface area (Å²) in [4.78, 5) is 30.8. The first-order chi connectivity index (χ1) is 10.2. The van der Waals surface area contributed by atoms with Gasteiger partial charge >= 0.3 is 6.09 Å². The SMILES string of the molecule is CON(C)C(=O)C1CCC2(CC1)CN(C(=O)OC(C)(C)C)C2. The molecule has 0 aromatic carbocycles.